The number of carbonyl (C=O) groups is 1. The van der Waals surface area contributed by atoms with Gasteiger partial charge >= 0.3 is 5.97 Å². The highest BCUT2D eigenvalue weighted by molar-refractivity contribution is 5.67. The van der Waals surface area contributed by atoms with Gasteiger partial charge in [0.25, 0.3) is 0 Å². The van der Waals surface area contributed by atoms with E-state index >= 15 is 0 Å². The minimum absolute atomic E-state index is 0.110. The van der Waals surface area contributed by atoms with Gasteiger partial charge in [0.1, 0.15) is 17.5 Å². The van der Waals surface area contributed by atoms with Crippen LogP contribution in [0.4, 0.5) is 11.6 Å². The number of carboxylic acids is 1. The van der Waals surface area contributed by atoms with Crippen LogP contribution in [0, 0.1) is 6.92 Å². The van der Waals surface area contributed by atoms with Crippen molar-refractivity contribution < 1.29 is 9.90 Å². The lowest BCUT2D eigenvalue weighted by Gasteiger charge is -2.21. The molecule has 0 aromatic carbocycles. The molecule has 104 valence electrons. The minimum Gasteiger partial charge on any atom is -0.481 e. The third-order valence-corrected chi connectivity index (χ3v) is 3.29. The summed E-state index contributed by atoms with van der Waals surface area (Å²) in [6, 6.07) is 1.94. The number of rotatable bonds is 5. The molecule has 0 amide bonds. The van der Waals surface area contributed by atoms with E-state index in [-0.39, 0.29) is 6.42 Å². The Morgan fingerprint density at radius 3 is 2.74 bits per heavy atom. The maximum Gasteiger partial charge on any atom is 0.305 e. The van der Waals surface area contributed by atoms with Crippen LogP contribution in [-0.2, 0) is 4.79 Å². The second-order valence-electron chi connectivity index (χ2n) is 4.89. The van der Waals surface area contributed by atoms with Crippen LogP contribution in [-0.4, -0.2) is 47.7 Å². The van der Waals surface area contributed by atoms with Crippen LogP contribution in [0.5, 0.6) is 0 Å². The molecule has 0 aliphatic carbocycles. The zero-order chi connectivity index (χ0) is 13.8. The summed E-state index contributed by atoms with van der Waals surface area (Å²) in [7, 11) is 1.86. The highest BCUT2D eigenvalue weighted by atomic mass is 16.4. The molecule has 1 fully saturated rings. The maximum atomic E-state index is 10.6. The van der Waals surface area contributed by atoms with Gasteiger partial charge in [0, 0.05) is 32.7 Å². The Labute approximate surface area is 113 Å². The second kappa shape index (κ2) is 5.86. The van der Waals surface area contributed by atoms with Crippen LogP contribution >= 0.6 is 0 Å². The smallest absolute Gasteiger partial charge is 0.305 e. The van der Waals surface area contributed by atoms with Gasteiger partial charge in [-0.1, -0.05) is 0 Å². The van der Waals surface area contributed by atoms with E-state index in [4.69, 9.17) is 5.11 Å². The Balaban J connectivity index is 2.13. The predicted octanol–water partition coefficient (Wildman–Crippen LogP) is 1.30. The van der Waals surface area contributed by atoms with Crippen molar-refractivity contribution in [2.24, 2.45) is 0 Å². The van der Waals surface area contributed by atoms with Crippen molar-refractivity contribution in [3.63, 3.8) is 0 Å². The number of hydrogen-bond acceptors (Lipinski definition) is 5. The monoisotopic (exact) mass is 264 g/mol. The van der Waals surface area contributed by atoms with Crippen molar-refractivity contribution in [2.75, 3.05) is 36.5 Å². The molecule has 1 aromatic heterocycles. The molecule has 1 aliphatic rings. The van der Waals surface area contributed by atoms with Crippen LogP contribution in [0.2, 0.25) is 0 Å². The van der Waals surface area contributed by atoms with E-state index < -0.39 is 5.97 Å². The molecule has 2 heterocycles. The standard InChI is InChI=1S/C13H20N4O2/c1-10-14-11(16(2)8-5-13(18)19)9-12(15-10)17-6-3-4-7-17/h9H,3-8H2,1-2H3,(H,18,19). The largest absolute Gasteiger partial charge is 0.481 e. The van der Waals surface area contributed by atoms with Gasteiger partial charge in [-0.25, -0.2) is 9.97 Å². The van der Waals surface area contributed by atoms with Gasteiger partial charge < -0.3 is 14.9 Å². The Kier molecular flexibility index (Phi) is 4.19. The lowest BCUT2D eigenvalue weighted by atomic mass is 10.3. The fourth-order valence-electron chi connectivity index (χ4n) is 2.22. The Bertz CT molecular complexity index is 458. The third-order valence-electron chi connectivity index (χ3n) is 3.29. The second-order valence-corrected chi connectivity index (χ2v) is 4.89. The lowest BCUT2D eigenvalue weighted by Crippen LogP contribution is -2.24. The summed E-state index contributed by atoms with van der Waals surface area (Å²) in [5.41, 5.74) is 0. The summed E-state index contributed by atoms with van der Waals surface area (Å²) < 4.78 is 0. The average Bonchev–Trinajstić information content (AvgIpc) is 2.89. The first-order valence-electron chi connectivity index (χ1n) is 6.60. The highest BCUT2D eigenvalue weighted by Crippen LogP contribution is 2.22. The molecule has 1 aliphatic heterocycles. The van der Waals surface area contributed by atoms with Crippen molar-refractivity contribution in [1.29, 1.82) is 0 Å². The number of aliphatic carboxylic acids is 1. The van der Waals surface area contributed by atoms with E-state index in [1.54, 1.807) is 0 Å². The molecule has 0 radical (unpaired) electrons. The van der Waals surface area contributed by atoms with Gasteiger partial charge in [0.05, 0.1) is 6.42 Å². The molecule has 0 unspecified atom stereocenters. The predicted molar refractivity (Wildman–Crippen MR) is 73.7 cm³/mol. The molecule has 0 saturated carbocycles. The summed E-state index contributed by atoms with van der Waals surface area (Å²) in [5, 5.41) is 8.72. The molecule has 19 heavy (non-hydrogen) atoms. The van der Waals surface area contributed by atoms with Gasteiger partial charge in [-0.05, 0) is 19.8 Å². The van der Waals surface area contributed by atoms with E-state index in [9.17, 15) is 4.79 Å². The number of anilines is 2. The summed E-state index contributed by atoms with van der Waals surface area (Å²) in [4.78, 5) is 23.6. The molecule has 1 N–H and O–H groups in total. The number of aryl methyl sites for hydroxylation is 1. The molecule has 0 spiro atoms. The summed E-state index contributed by atoms with van der Waals surface area (Å²) in [6.45, 7) is 4.39. The van der Waals surface area contributed by atoms with Gasteiger partial charge in [0.15, 0.2) is 0 Å². The van der Waals surface area contributed by atoms with Crippen molar-refractivity contribution in [1.82, 2.24) is 9.97 Å². The quantitative estimate of drug-likeness (QED) is 0.864. The molecule has 0 bridgehead atoms. The molecule has 6 nitrogen and oxygen atoms in total. The zero-order valence-corrected chi connectivity index (χ0v) is 11.5. The van der Waals surface area contributed by atoms with Crippen LogP contribution < -0.4 is 9.80 Å². The number of hydrogen-bond donors (Lipinski definition) is 1. The molecular formula is C13H20N4O2. The van der Waals surface area contributed by atoms with Crippen LogP contribution in [0.25, 0.3) is 0 Å². The van der Waals surface area contributed by atoms with Crippen LogP contribution in [0.15, 0.2) is 6.07 Å². The highest BCUT2D eigenvalue weighted by Gasteiger charge is 2.16. The number of carboxylic acid groups (broad SMARTS) is 1. The van der Waals surface area contributed by atoms with Crippen molar-refractivity contribution in [3.05, 3.63) is 11.9 Å². The first-order valence-corrected chi connectivity index (χ1v) is 6.60. The van der Waals surface area contributed by atoms with E-state index in [1.165, 1.54) is 12.8 Å². The van der Waals surface area contributed by atoms with Gasteiger partial charge in [0.2, 0.25) is 0 Å². The lowest BCUT2D eigenvalue weighted by molar-refractivity contribution is -0.136. The fourth-order valence-corrected chi connectivity index (χ4v) is 2.22. The normalized spacial score (nSPS) is 14.7. The topological polar surface area (TPSA) is 69.6 Å². The van der Waals surface area contributed by atoms with E-state index in [0.29, 0.717) is 6.54 Å². The Morgan fingerprint density at radius 1 is 1.42 bits per heavy atom. The molecule has 2 rings (SSSR count). The molecule has 6 heteroatoms. The van der Waals surface area contributed by atoms with Gasteiger partial charge in [-0.2, -0.15) is 0 Å². The van der Waals surface area contributed by atoms with Crippen molar-refractivity contribution >= 4 is 17.6 Å². The summed E-state index contributed by atoms with van der Waals surface area (Å²) in [5.74, 6) is 1.66. The Hall–Kier alpha value is -1.85. The fraction of sp³-hybridized carbons (Fsp3) is 0.615. The van der Waals surface area contributed by atoms with Gasteiger partial charge in [-0.15, -0.1) is 0 Å². The van der Waals surface area contributed by atoms with Crippen LogP contribution in [0.3, 0.4) is 0 Å². The van der Waals surface area contributed by atoms with E-state index in [2.05, 4.69) is 14.9 Å². The summed E-state index contributed by atoms with van der Waals surface area (Å²) >= 11 is 0. The number of nitrogens with zero attached hydrogens (tertiary/aromatic N) is 4. The van der Waals surface area contributed by atoms with Crippen molar-refractivity contribution in [2.45, 2.75) is 26.2 Å². The molecule has 0 atom stereocenters. The van der Waals surface area contributed by atoms with E-state index in [1.807, 2.05) is 24.9 Å². The van der Waals surface area contributed by atoms with E-state index in [0.717, 1.165) is 30.5 Å². The minimum atomic E-state index is -0.794. The summed E-state index contributed by atoms with van der Waals surface area (Å²) in [6.07, 6.45) is 2.51. The zero-order valence-electron chi connectivity index (χ0n) is 11.5. The molecule has 1 aromatic rings. The average molecular weight is 264 g/mol. The molecule has 1 saturated heterocycles. The third kappa shape index (κ3) is 3.56. The SMILES string of the molecule is Cc1nc(N(C)CCC(=O)O)cc(N2CCCC2)n1. The first kappa shape index (κ1) is 13.6. The van der Waals surface area contributed by atoms with Crippen LogP contribution in [0.1, 0.15) is 25.1 Å². The Morgan fingerprint density at radius 2 is 2.11 bits per heavy atom. The first-order chi connectivity index (χ1) is 9.06. The van der Waals surface area contributed by atoms with Crippen molar-refractivity contribution in [3.8, 4) is 0 Å². The van der Waals surface area contributed by atoms with Gasteiger partial charge in [-0.3, -0.25) is 4.79 Å². The number of aromatic nitrogens is 2. The molecular weight excluding hydrogens is 244 g/mol. The maximum absolute atomic E-state index is 10.6.